The van der Waals surface area contributed by atoms with E-state index in [0.717, 1.165) is 42.9 Å². The third-order valence-electron chi connectivity index (χ3n) is 4.75. The maximum atomic E-state index is 4.51. The zero-order valence-corrected chi connectivity index (χ0v) is 16.0. The molecule has 128 valence electrons. The number of piperidine rings is 1. The molecule has 1 aliphatic heterocycles. The Morgan fingerprint density at radius 1 is 1.12 bits per heavy atom. The number of benzene rings is 1. The van der Waals surface area contributed by atoms with E-state index in [9.17, 15) is 0 Å². The lowest BCUT2D eigenvalue weighted by Crippen LogP contribution is -2.47. The Bertz CT molecular complexity index is 622. The largest absolute Gasteiger partial charge is 0.333 e. The van der Waals surface area contributed by atoms with Crippen LogP contribution in [0.2, 0.25) is 0 Å². The summed E-state index contributed by atoms with van der Waals surface area (Å²) in [6.45, 7) is 7.70. The number of rotatable bonds is 5. The van der Waals surface area contributed by atoms with Crippen LogP contribution in [0.25, 0.3) is 0 Å². The Morgan fingerprint density at radius 3 is 2.33 bits per heavy atom. The van der Waals surface area contributed by atoms with Gasteiger partial charge in [-0.2, -0.15) is 0 Å². The zero-order valence-electron chi connectivity index (χ0n) is 14.4. The molecule has 0 aliphatic carbocycles. The molecule has 4 nitrogen and oxygen atoms in total. The van der Waals surface area contributed by atoms with Crippen molar-refractivity contribution in [1.82, 2.24) is 14.9 Å². The van der Waals surface area contributed by atoms with Gasteiger partial charge in [0.05, 0.1) is 0 Å². The van der Waals surface area contributed by atoms with Crippen LogP contribution in [-0.2, 0) is 6.54 Å². The molecule has 0 atom stereocenters. The predicted octanol–water partition coefficient (Wildman–Crippen LogP) is 4.12. The summed E-state index contributed by atoms with van der Waals surface area (Å²) in [6.07, 6.45) is 5.99. The second kappa shape index (κ2) is 8.08. The summed E-state index contributed by atoms with van der Waals surface area (Å²) in [4.78, 5) is 14.0. The summed E-state index contributed by atoms with van der Waals surface area (Å²) >= 11 is 3.51. The van der Waals surface area contributed by atoms with E-state index in [-0.39, 0.29) is 0 Å². The molecule has 0 saturated carbocycles. The minimum atomic E-state index is 0.492. The van der Waals surface area contributed by atoms with Gasteiger partial charge in [0.1, 0.15) is 0 Å². The zero-order chi connectivity index (χ0) is 16.9. The van der Waals surface area contributed by atoms with Crippen molar-refractivity contribution in [3.8, 4) is 0 Å². The number of hydrogen-bond donors (Lipinski definition) is 0. The molecular weight excluding hydrogens is 364 g/mol. The fourth-order valence-corrected chi connectivity index (χ4v) is 3.57. The number of aromatic nitrogens is 2. The van der Waals surface area contributed by atoms with Gasteiger partial charge >= 0.3 is 0 Å². The van der Waals surface area contributed by atoms with Crippen molar-refractivity contribution in [2.24, 2.45) is 0 Å². The molecule has 1 saturated heterocycles. The van der Waals surface area contributed by atoms with Gasteiger partial charge in [-0.25, -0.2) is 9.97 Å². The van der Waals surface area contributed by atoms with Crippen LogP contribution in [0.1, 0.15) is 32.3 Å². The van der Waals surface area contributed by atoms with Crippen molar-refractivity contribution in [2.45, 2.75) is 45.3 Å². The van der Waals surface area contributed by atoms with E-state index in [1.165, 1.54) is 5.56 Å². The number of likely N-dealkylation sites (tertiary alicyclic amines) is 1. The highest BCUT2D eigenvalue weighted by Gasteiger charge is 2.27. The molecule has 1 aromatic heterocycles. The van der Waals surface area contributed by atoms with E-state index in [0.29, 0.717) is 12.1 Å². The minimum Gasteiger partial charge on any atom is -0.333 e. The summed E-state index contributed by atoms with van der Waals surface area (Å²) in [7, 11) is 0. The van der Waals surface area contributed by atoms with E-state index in [1.807, 2.05) is 18.5 Å². The lowest BCUT2D eigenvalue weighted by Gasteiger charge is -2.40. The fourth-order valence-electron chi connectivity index (χ4n) is 3.30. The van der Waals surface area contributed by atoms with Gasteiger partial charge in [-0.05, 0) is 50.5 Å². The number of anilines is 1. The molecule has 1 fully saturated rings. The third kappa shape index (κ3) is 4.33. The highest BCUT2D eigenvalue weighted by Crippen LogP contribution is 2.24. The first-order valence-electron chi connectivity index (χ1n) is 8.65. The average Bonchev–Trinajstić information content (AvgIpc) is 2.62. The van der Waals surface area contributed by atoms with Crippen molar-refractivity contribution in [3.05, 3.63) is 52.8 Å². The van der Waals surface area contributed by atoms with Gasteiger partial charge < -0.3 is 9.80 Å². The first-order valence-corrected chi connectivity index (χ1v) is 9.45. The van der Waals surface area contributed by atoms with Gasteiger partial charge in [0.15, 0.2) is 0 Å². The number of nitrogens with zero attached hydrogens (tertiary/aromatic N) is 4. The van der Waals surface area contributed by atoms with Gasteiger partial charge in [-0.3, -0.25) is 0 Å². The van der Waals surface area contributed by atoms with Gasteiger partial charge in [0.2, 0.25) is 5.95 Å². The van der Waals surface area contributed by atoms with Crippen molar-refractivity contribution < 1.29 is 0 Å². The molecule has 2 heterocycles. The molecule has 0 N–H and O–H groups in total. The molecular formula is C19H25BrN4. The van der Waals surface area contributed by atoms with E-state index in [4.69, 9.17) is 0 Å². The summed E-state index contributed by atoms with van der Waals surface area (Å²) in [5.41, 5.74) is 1.29. The monoisotopic (exact) mass is 388 g/mol. The predicted molar refractivity (Wildman–Crippen MR) is 102 cm³/mol. The summed E-state index contributed by atoms with van der Waals surface area (Å²) in [5.74, 6) is 0.836. The molecule has 3 rings (SSSR count). The second-order valence-corrected chi connectivity index (χ2v) is 7.58. The van der Waals surface area contributed by atoms with Crippen molar-refractivity contribution in [3.63, 3.8) is 0 Å². The second-order valence-electron chi connectivity index (χ2n) is 6.66. The Hall–Kier alpha value is -1.46. The number of hydrogen-bond acceptors (Lipinski definition) is 4. The van der Waals surface area contributed by atoms with Crippen LogP contribution in [0.4, 0.5) is 5.95 Å². The van der Waals surface area contributed by atoms with Crippen LogP contribution in [0.5, 0.6) is 0 Å². The molecule has 5 heteroatoms. The normalized spacial score (nSPS) is 16.5. The van der Waals surface area contributed by atoms with Crippen molar-refractivity contribution in [1.29, 1.82) is 0 Å². The molecule has 1 aliphatic rings. The Kier molecular flexibility index (Phi) is 5.85. The van der Waals surface area contributed by atoms with Gasteiger partial charge in [0, 0.05) is 48.6 Å². The standard InChI is InChI=1S/C19H25BrN4/c1-15(2)23-12-8-18(9-13-23)24(19-21-10-3-11-22-19)14-16-4-6-17(20)7-5-16/h3-7,10-11,15,18H,8-9,12-14H2,1-2H3. The van der Waals surface area contributed by atoms with Crippen LogP contribution in [-0.4, -0.2) is 40.0 Å². The van der Waals surface area contributed by atoms with E-state index < -0.39 is 0 Å². The molecule has 24 heavy (non-hydrogen) atoms. The first-order chi connectivity index (χ1) is 11.6. The molecule has 0 radical (unpaired) electrons. The van der Waals surface area contributed by atoms with E-state index >= 15 is 0 Å². The Labute approximate surface area is 153 Å². The van der Waals surface area contributed by atoms with Crippen LogP contribution < -0.4 is 4.90 Å². The van der Waals surface area contributed by atoms with Crippen LogP contribution >= 0.6 is 15.9 Å². The summed E-state index contributed by atoms with van der Waals surface area (Å²) in [5, 5.41) is 0. The Balaban J connectivity index is 1.77. The van der Waals surface area contributed by atoms with E-state index in [1.54, 1.807) is 0 Å². The molecule has 1 aromatic carbocycles. The van der Waals surface area contributed by atoms with Crippen molar-refractivity contribution in [2.75, 3.05) is 18.0 Å². The fraction of sp³-hybridized carbons (Fsp3) is 0.474. The maximum Gasteiger partial charge on any atom is 0.225 e. The quantitative estimate of drug-likeness (QED) is 0.770. The summed E-state index contributed by atoms with van der Waals surface area (Å²) < 4.78 is 1.11. The van der Waals surface area contributed by atoms with Gasteiger partial charge in [0.25, 0.3) is 0 Å². The lowest BCUT2D eigenvalue weighted by atomic mass is 10.0. The third-order valence-corrected chi connectivity index (χ3v) is 5.27. The highest BCUT2D eigenvalue weighted by molar-refractivity contribution is 9.10. The summed E-state index contributed by atoms with van der Waals surface area (Å²) in [6, 6.07) is 11.5. The molecule has 0 bridgehead atoms. The topological polar surface area (TPSA) is 32.3 Å². The first kappa shape index (κ1) is 17.4. The SMILES string of the molecule is CC(C)N1CCC(N(Cc2ccc(Br)cc2)c2ncccn2)CC1. The molecule has 0 unspecified atom stereocenters. The minimum absolute atomic E-state index is 0.492. The smallest absolute Gasteiger partial charge is 0.225 e. The highest BCUT2D eigenvalue weighted by atomic mass is 79.9. The number of halogens is 1. The molecule has 2 aromatic rings. The van der Waals surface area contributed by atoms with Gasteiger partial charge in [-0.1, -0.05) is 28.1 Å². The Morgan fingerprint density at radius 2 is 1.75 bits per heavy atom. The average molecular weight is 389 g/mol. The van der Waals surface area contributed by atoms with Crippen molar-refractivity contribution >= 4 is 21.9 Å². The molecule has 0 amide bonds. The lowest BCUT2D eigenvalue weighted by molar-refractivity contribution is 0.169. The van der Waals surface area contributed by atoms with Crippen LogP contribution in [0.15, 0.2) is 47.2 Å². The maximum absolute atomic E-state index is 4.51. The van der Waals surface area contributed by atoms with E-state index in [2.05, 4.69) is 73.8 Å². The van der Waals surface area contributed by atoms with Crippen LogP contribution in [0, 0.1) is 0 Å². The van der Waals surface area contributed by atoms with Crippen LogP contribution in [0.3, 0.4) is 0 Å². The van der Waals surface area contributed by atoms with Gasteiger partial charge in [-0.15, -0.1) is 0 Å². The molecule has 0 spiro atoms.